The lowest BCUT2D eigenvalue weighted by molar-refractivity contribution is 0.406. The molecule has 0 aromatic heterocycles. The fraction of sp³-hybridized carbons (Fsp3) is 1.00. The Labute approximate surface area is 123 Å². The lowest BCUT2D eigenvalue weighted by Crippen LogP contribution is -2.64. The Morgan fingerprint density at radius 1 is 0.684 bits per heavy atom. The summed E-state index contributed by atoms with van der Waals surface area (Å²) in [6.45, 7) is 18.6. The summed E-state index contributed by atoms with van der Waals surface area (Å²) in [5, 5.41) is 6.98. The molecule has 0 bridgehead atoms. The minimum absolute atomic E-state index is 0.504. The van der Waals surface area contributed by atoms with E-state index in [9.17, 15) is 0 Å². The maximum atomic E-state index is 6.81. The van der Waals surface area contributed by atoms with Crippen LogP contribution in [0, 0.1) is 11.8 Å². The highest BCUT2D eigenvalue weighted by molar-refractivity contribution is 6.86. The van der Waals surface area contributed by atoms with Crippen LogP contribution in [0.15, 0.2) is 0 Å². The van der Waals surface area contributed by atoms with Crippen molar-refractivity contribution in [1.82, 2.24) is 10.6 Å². The van der Waals surface area contributed by atoms with E-state index in [-0.39, 0.29) is 0 Å². The van der Waals surface area contributed by atoms with Gasteiger partial charge >= 0.3 is 0 Å². The highest BCUT2D eigenvalue weighted by Gasteiger charge is 2.44. The van der Waals surface area contributed by atoms with Gasteiger partial charge in [0.25, 0.3) is 0 Å². The summed E-state index contributed by atoms with van der Waals surface area (Å²) in [7, 11) is 0.639. The SMILES string of the molecule is CNC(C(C)C)[Si](C)(C)O[Si](C)(C)C(NC)C(C)C. The van der Waals surface area contributed by atoms with E-state index >= 15 is 0 Å². The average molecular weight is 305 g/mol. The van der Waals surface area contributed by atoms with Crippen LogP contribution in [0.3, 0.4) is 0 Å². The molecule has 0 aliphatic carbocycles. The Morgan fingerprint density at radius 3 is 1.11 bits per heavy atom. The van der Waals surface area contributed by atoms with Gasteiger partial charge in [0.2, 0.25) is 0 Å². The van der Waals surface area contributed by atoms with Gasteiger partial charge in [-0.25, -0.2) is 0 Å². The van der Waals surface area contributed by atoms with Crippen LogP contribution in [0.5, 0.6) is 0 Å². The zero-order valence-electron chi connectivity index (χ0n) is 14.7. The van der Waals surface area contributed by atoms with Crippen LogP contribution in [0.1, 0.15) is 27.7 Å². The van der Waals surface area contributed by atoms with Crippen LogP contribution < -0.4 is 10.6 Å². The summed E-state index contributed by atoms with van der Waals surface area (Å²) in [5.41, 5.74) is 1.01. The third kappa shape index (κ3) is 5.30. The molecule has 2 atom stereocenters. The Morgan fingerprint density at radius 2 is 0.947 bits per heavy atom. The van der Waals surface area contributed by atoms with E-state index in [4.69, 9.17) is 4.12 Å². The van der Waals surface area contributed by atoms with Gasteiger partial charge in [-0.2, -0.15) is 0 Å². The molecule has 19 heavy (non-hydrogen) atoms. The van der Waals surface area contributed by atoms with Gasteiger partial charge in [0.05, 0.1) is 0 Å². The molecule has 0 rings (SSSR count). The first-order chi connectivity index (χ1) is 8.49. The first-order valence-corrected chi connectivity index (χ1v) is 13.5. The first-order valence-electron chi connectivity index (χ1n) is 7.54. The van der Waals surface area contributed by atoms with Crippen LogP contribution >= 0.6 is 0 Å². The van der Waals surface area contributed by atoms with Gasteiger partial charge in [-0.15, -0.1) is 0 Å². The molecule has 0 amide bonds. The molecule has 0 aromatic rings. The van der Waals surface area contributed by atoms with Crippen LogP contribution in [-0.4, -0.2) is 42.1 Å². The molecule has 0 aromatic carbocycles. The second-order valence-electron chi connectivity index (χ2n) is 7.33. The highest BCUT2D eigenvalue weighted by atomic mass is 28.4. The summed E-state index contributed by atoms with van der Waals surface area (Å²) in [5.74, 6) is 1.23. The van der Waals surface area contributed by atoms with E-state index in [1.54, 1.807) is 0 Å². The predicted octanol–water partition coefficient (Wildman–Crippen LogP) is 2.98. The number of hydrogen-bond acceptors (Lipinski definition) is 3. The molecule has 2 unspecified atom stereocenters. The molecule has 0 aliphatic rings. The highest BCUT2D eigenvalue weighted by Crippen LogP contribution is 2.26. The molecule has 0 saturated heterocycles. The zero-order valence-corrected chi connectivity index (χ0v) is 16.7. The standard InChI is InChI=1S/C14H36N2OSi2/c1-11(2)13(15-5)18(7,8)17-19(9,10)14(16-6)12(3)4/h11-16H,1-10H3. The van der Waals surface area contributed by atoms with Crippen LogP contribution in [0.2, 0.25) is 26.2 Å². The van der Waals surface area contributed by atoms with Gasteiger partial charge in [0.1, 0.15) is 0 Å². The number of hydrogen-bond donors (Lipinski definition) is 2. The van der Waals surface area contributed by atoms with Crippen molar-refractivity contribution in [2.24, 2.45) is 11.8 Å². The lowest BCUT2D eigenvalue weighted by Gasteiger charge is -2.44. The minimum Gasteiger partial charge on any atom is -0.453 e. The van der Waals surface area contributed by atoms with E-state index in [0.29, 0.717) is 23.2 Å². The van der Waals surface area contributed by atoms with Crippen molar-refractivity contribution in [3.8, 4) is 0 Å². The predicted molar refractivity (Wildman–Crippen MR) is 91.4 cm³/mol. The van der Waals surface area contributed by atoms with Gasteiger partial charge in [-0.05, 0) is 52.1 Å². The largest absolute Gasteiger partial charge is 0.453 e. The van der Waals surface area contributed by atoms with Crippen molar-refractivity contribution in [3.05, 3.63) is 0 Å². The summed E-state index contributed by atoms with van der Waals surface area (Å²) < 4.78 is 6.81. The van der Waals surface area contributed by atoms with Crippen LogP contribution in [0.4, 0.5) is 0 Å². The molecular formula is C14H36N2OSi2. The van der Waals surface area contributed by atoms with Crippen molar-refractivity contribution in [2.75, 3.05) is 14.1 Å². The van der Waals surface area contributed by atoms with Crippen LogP contribution in [0.25, 0.3) is 0 Å². The Bertz CT molecular complexity index is 242. The van der Waals surface area contributed by atoms with Gasteiger partial charge in [0, 0.05) is 11.3 Å². The fourth-order valence-electron chi connectivity index (χ4n) is 3.77. The van der Waals surface area contributed by atoms with E-state index < -0.39 is 16.6 Å². The normalized spacial score (nSPS) is 17.1. The van der Waals surface area contributed by atoms with Crippen molar-refractivity contribution in [2.45, 2.75) is 65.2 Å². The van der Waals surface area contributed by atoms with Gasteiger partial charge in [0.15, 0.2) is 16.6 Å². The molecule has 0 radical (unpaired) electrons. The Kier molecular flexibility index (Phi) is 7.48. The Hall–Kier alpha value is 0.314. The lowest BCUT2D eigenvalue weighted by atomic mass is 10.2. The third-order valence-corrected chi connectivity index (χ3v) is 13.1. The van der Waals surface area contributed by atoms with Crippen molar-refractivity contribution < 1.29 is 4.12 Å². The maximum Gasteiger partial charge on any atom is 0.190 e. The second kappa shape index (κ2) is 7.36. The fourth-order valence-corrected chi connectivity index (χ4v) is 14.8. The molecule has 2 N–H and O–H groups in total. The van der Waals surface area contributed by atoms with Crippen molar-refractivity contribution >= 4 is 16.6 Å². The summed E-state index contributed by atoms with van der Waals surface area (Å²) in [4.78, 5) is 0. The topological polar surface area (TPSA) is 33.3 Å². The zero-order chi connectivity index (χ0) is 15.4. The smallest absolute Gasteiger partial charge is 0.190 e. The van der Waals surface area contributed by atoms with E-state index in [1.165, 1.54) is 0 Å². The van der Waals surface area contributed by atoms with Gasteiger partial charge in [-0.3, -0.25) is 0 Å². The summed E-state index contributed by atoms with van der Waals surface area (Å²) in [6.07, 6.45) is 0. The molecule has 3 nitrogen and oxygen atoms in total. The molecule has 0 spiro atoms. The summed E-state index contributed by atoms with van der Waals surface area (Å²) >= 11 is 0. The van der Waals surface area contributed by atoms with Gasteiger partial charge < -0.3 is 14.7 Å². The monoisotopic (exact) mass is 304 g/mol. The molecule has 0 saturated carbocycles. The molecular weight excluding hydrogens is 268 g/mol. The average Bonchev–Trinajstić information content (AvgIpc) is 2.14. The third-order valence-electron chi connectivity index (χ3n) is 3.98. The quantitative estimate of drug-likeness (QED) is 0.676. The van der Waals surface area contributed by atoms with Crippen molar-refractivity contribution in [1.29, 1.82) is 0 Å². The molecule has 116 valence electrons. The molecule has 0 fully saturated rings. The molecule has 0 heterocycles. The van der Waals surface area contributed by atoms with Crippen molar-refractivity contribution in [3.63, 3.8) is 0 Å². The van der Waals surface area contributed by atoms with E-state index in [1.807, 2.05) is 0 Å². The minimum atomic E-state index is -1.75. The Balaban J connectivity index is 5.07. The second-order valence-corrected chi connectivity index (χ2v) is 15.8. The summed E-state index contributed by atoms with van der Waals surface area (Å²) in [6, 6.07) is 0. The molecule has 0 aliphatic heterocycles. The van der Waals surface area contributed by atoms with Crippen LogP contribution in [-0.2, 0) is 4.12 Å². The first kappa shape index (κ1) is 19.3. The van der Waals surface area contributed by atoms with Gasteiger partial charge in [-0.1, -0.05) is 27.7 Å². The number of nitrogens with one attached hydrogen (secondary N) is 2. The molecule has 5 heteroatoms. The number of rotatable bonds is 8. The van der Waals surface area contributed by atoms with E-state index in [2.05, 4.69) is 78.6 Å². The maximum absolute atomic E-state index is 6.81. The van der Waals surface area contributed by atoms with E-state index in [0.717, 1.165) is 0 Å².